The average Bonchev–Trinajstić information content (AvgIpc) is 3.79. The zero-order valence-corrected chi connectivity index (χ0v) is 24.9. The highest BCUT2D eigenvalue weighted by Crippen LogP contribution is 2.41. The second kappa shape index (κ2) is 9.65. The van der Waals surface area contributed by atoms with Crippen molar-refractivity contribution >= 4 is 49.1 Å². The Morgan fingerprint density at radius 1 is 0.391 bits per heavy atom. The summed E-state index contributed by atoms with van der Waals surface area (Å²) >= 11 is 0. The zero-order chi connectivity index (χ0) is 30.2. The van der Waals surface area contributed by atoms with Crippen molar-refractivity contribution in [1.82, 2.24) is 14.0 Å². The SMILES string of the molecule is c1ccc(-n2c(-c3ccccc3-c3ccc(-c4ccc5c(c4)c4cccc6c7ccccc7n5c64)cc3)nc3ccccc32)cc1. The largest absolute Gasteiger partial charge is 0.308 e. The second-order valence-corrected chi connectivity index (χ2v) is 12.0. The van der Waals surface area contributed by atoms with E-state index in [0.717, 1.165) is 33.7 Å². The minimum absolute atomic E-state index is 0.941. The number of hydrogen-bond acceptors (Lipinski definition) is 1. The van der Waals surface area contributed by atoms with Gasteiger partial charge in [-0.3, -0.25) is 4.57 Å². The molecule has 214 valence electrons. The van der Waals surface area contributed by atoms with Crippen LogP contribution in [0.1, 0.15) is 0 Å². The van der Waals surface area contributed by atoms with Crippen molar-refractivity contribution in [2.45, 2.75) is 0 Å². The van der Waals surface area contributed by atoms with E-state index in [2.05, 4.69) is 173 Å². The Bertz CT molecular complexity index is 2730. The molecule has 3 nitrogen and oxygen atoms in total. The predicted molar refractivity (Wildman–Crippen MR) is 192 cm³/mol. The van der Waals surface area contributed by atoms with Crippen molar-refractivity contribution in [3.8, 4) is 39.3 Å². The summed E-state index contributed by atoms with van der Waals surface area (Å²) in [5.41, 5.74) is 12.9. The summed E-state index contributed by atoms with van der Waals surface area (Å²) in [4.78, 5) is 5.15. The van der Waals surface area contributed by atoms with Gasteiger partial charge in [-0.05, 0) is 64.7 Å². The minimum atomic E-state index is 0.941. The molecule has 0 aliphatic rings. The molecule has 3 heterocycles. The molecule has 0 N–H and O–H groups in total. The van der Waals surface area contributed by atoms with E-state index in [1.54, 1.807) is 0 Å². The Balaban J connectivity index is 1.09. The number of hydrogen-bond donors (Lipinski definition) is 0. The molecule has 3 heteroatoms. The quantitative estimate of drug-likeness (QED) is 0.201. The summed E-state index contributed by atoms with van der Waals surface area (Å²) in [6.07, 6.45) is 0. The van der Waals surface area contributed by atoms with Crippen molar-refractivity contribution in [2.24, 2.45) is 0 Å². The van der Waals surface area contributed by atoms with Gasteiger partial charge in [-0.25, -0.2) is 4.98 Å². The molecule has 0 saturated heterocycles. The molecule has 0 spiro atoms. The molecular formula is C43H27N3. The van der Waals surface area contributed by atoms with Crippen LogP contribution in [0.3, 0.4) is 0 Å². The highest BCUT2D eigenvalue weighted by molar-refractivity contribution is 6.23. The number of para-hydroxylation sites is 5. The summed E-state index contributed by atoms with van der Waals surface area (Å²) < 4.78 is 4.70. The van der Waals surface area contributed by atoms with Gasteiger partial charge in [0.15, 0.2) is 0 Å². The van der Waals surface area contributed by atoms with Crippen molar-refractivity contribution in [3.05, 3.63) is 164 Å². The molecule has 46 heavy (non-hydrogen) atoms. The van der Waals surface area contributed by atoms with E-state index < -0.39 is 0 Å². The highest BCUT2D eigenvalue weighted by Gasteiger charge is 2.19. The zero-order valence-electron chi connectivity index (χ0n) is 24.9. The maximum atomic E-state index is 5.15. The third-order valence-corrected chi connectivity index (χ3v) is 9.49. The first-order valence-electron chi connectivity index (χ1n) is 15.7. The van der Waals surface area contributed by atoms with E-state index in [1.165, 1.54) is 54.8 Å². The van der Waals surface area contributed by atoms with Crippen LogP contribution < -0.4 is 0 Å². The van der Waals surface area contributed by atoms with Crippen LogP contribution in [0.5, 0.6) is 0 Å². The lowest BCUT2D eigenvalue weighted by Gasteiger charge is -2.14. The topological polar surface area (TPSA) is 22.2 Å². The summed E-state index contributed by atoms with van der Waals surface area (Å²) in [5, 5.41) is 5.22. The third kappa shape index (κ3) is 3.57. The second-order valence-electron chi connectivity index (χ2n) is 12.0. The van der Waals surface area contributed by atoms with E-state index in [0.29, 0.717) is 0 Å². The van der Waals surface area contributed by atoms with Crippen LogP contribution in [0.15, 0.2) is 164 Å². The van der Waals surface area contributed by atoms with Crippen molar-refractivity contribution in [1.29, 1.82) is 0 Å². The normalized spacial score (nSPS) is 11.9. The van der Waals surface area contributed by atoms with E-state index in [9.17, 15) is 0 Å². The fraction of sp³-hybridized carbons (Fsp3) is 0. The monoisotopic (exact) mass is 585 g/mol. The maximum Gasteiger partial charge on any atom is 0.146 e. The van der Waals surface area contributed by atoms with Gasteiger partial charge in [-0.1, -0.05) is 121 Å². The molecule has 0 fully saturated rings. The number of benzene rings is 7. The molecule has 0 unspecified atom stereocenters. The fourth-order valence-electron chi connectivity index (χ4n) is 7.43. The van der Waals surface area contributed by atoms with Crippen molar-refractivity contribution < 1.29 is 0 Å². The Morgan fingerprint density at radius 3 is 1.85 bits per heavy atom. The van der Waals surface area contributed by atoms with Gasteiger partial charge in [0.25, 0.3) is 0 Å². The molecule has 0 bridgehead atoms. The summed E-state index contributed by atoms with van der Waals surface area (Å²) in [6.45, 7) is 0. The van der Waals surface area contributed by atoms with Gasteiger partial charge in [-0.15, -0.1) is 0 Å². The van der Waals surface area contributed by atoms with Crippen LogP contribution in [0.2, 0.25) is 0 Å². The molecule has 0 aliphatic carbocycles. The van der Waals surface area contributed by atoms with Crippen LogP contribution in [0.4, 0.5) is 0 Å². The van der Waals surface area contributed by atoms with E-state index in [4.69, 9.17) is 4.98 Å². The van der Waals surface area contributed by atoms with Crippen LogP contribution >= 0.6 is 0 Å². The highest BCUT2D eigenvalue weighted by atomic mass is 15.1. The third-order valence-electron chi connectivity index (χ3n) is 9.49. The van der Waals surface area contributed by atoms with Crippen molar-refractivity contribution in [3.63, 3.8) is 0 Å². The fourth-order valence-corrected chi connectivity index (χ4v) is 7.43. The van der Waals surface area contributed by atoms with E-state index in [1.807, 2.05) is 0 Å². The number of imidazole rings is 1. The maximum absolute atomic E-state index is 5.15. The summed E-state index contributed by atoms with van der Waals surface area (Å²) in [7, 11) is 0. The summed E-state index contributed by atoms with van der Waals surface area (Å²) in [5.74, 6) is 0.941. The first-order chi connectivity index (χ1) is 22.8. The molecule has 7 aromatic carbocycles. The lowest BCUT2D eigenvalue weighted by molar-refractivity contribution is 1.10. The van der Waals surface area contributed by atoms with E-state index >= 15 is 0 Å². The molecule has 10 rings (SSSR count). The average molecular weight is 586 g/mol. The number of nitrogens with zero attached hydrogens (tertiary/aromatic N) is 3. The smallest absolute Gasteiger partial charge is 0.146 e. The van der Waals surface area contributed by atoms with E-state index in [-0.39, 0.29) is 0 Å². The first kappa shape index (κ1) is 25.2. The molecule has 0 radical (unpaired) electrons. The predicted octanol–water partition coefficient (Wildman–Crippen LogP) is 11.2. The van der Waals surface area contributed by atoms with Gasteiger partial charge in [0.2, 0.25) is 0 Å². The minimum Gasteiger partial charge on any atom is -0.308 e. The molecular weight excluding hydrogens is 558 g/mol. The van der Waals surface area contributed by atoms with Gasteiger partial charge in [0.1, 0.15) is 5.82 Å². The Kier molecular flexibility index (Phi) is 5.28. The van der Waals surface area contributed by atoms with Gasteiger partial charge >= 0.3 is 0 Å². The molecule has 0 aliphatic heterocycles. The number of aromatic nitrogens is 3. The number of rotatable bonds is 4. The molecule has 3 aromatic heterocycles. The molecule has 0 atom stereocenters. The van der Waals surface area contributed by atoms with Crippen molar-refractivity contribution in [2.75, 3.05) is 0 Å². The lowest BCUT2D eigenvalue weighted by atomic mass is 9.96. The molecule has 0 saturated carbocycles. The van der Waals surface area contributed by atoms with Gasteiger partial charge in [0.05, 0.1) is 27.6 Å². The van der Waals surface area contributed by atoms with Gasteiger partial charge in [0, 0.05) is 32.8 Å². The van der Waals surface area contributed by atoms with Crippen LogP contribution in [-0.2, 0) is 0 Å². The summed E-state index contributed by atoms with van der Waals surface area (Å²) in [6, 6.07) is 58.8. The van der Waals surface area contributed by atoms with Crippen LogP contribution in [0, 0.1) is 0 Å². The Hall–Kier alpha value is -6.19. The van der Waals surface area contributed by atoms with Crippen LogP contribution in [0.25, 0.3) is 88.5 Å². The van der Waals surface area contributed by atoms with Gasteiger partial charge in [-0.2, -0.15) is 0 Å². The standard InChI is InChI=1S/C43H27N3/c1-2-11-31(12-3-1)45-41-20-9-7-18-38(41)44-43(45)36-15-5-4-13-32(36)29-23-21-28(22-24-29)30-25-26-40-37(27-30)35-17-10-16-34-33-14-6-8-19-39(33)46(40)42(34)35/h1-27H. The van der Waals surface area contributed by atoms with Gasteiger partial charge < -0.3 is 4.40 Å². The Labute approximate surface area is 265 Å². The number of fused-ring (bicyclic) bond motifs is 7. The molecule has 10 aromatic rings. The lowest BCUT2D eigenvalue weighted by Crippen LogP contribution is -1.98. The first-order valence-corrected chi connectivity index (χ1v) is 15.7. The Morgan fingerprint density at radius 2 is 1.00 bits per heavy atom. The van der Waals surface area contributed by atoms with Crippen LogP contribution in [-0.4, -0.2) is 14.0 Å². The molecule has 0 amide bonds.